The summed E-state index contributed by atoms with van der Waals surface area (Å²) in [4.78, 5) is 4.08. The zero-order chi connectivity index (χ0) is 14.2. The number of nitrogens with zero attached hydrogens (tertiary/aromatic N) is 2. The highest BCUT2D eigenvalue weighted by molar-refractivity contribution is 5.79. The highest BCUT2D eigenvalue weighted by Crippen LogP contribution is 2.06. The van der Waals surface area contributed by atoms with Gasteiger partial charge in [0.25, 0.3) is 0 Å². The fourth-order valence-corrected chi connectivity index (χ4v) is 1.74. The molecule has 2 aromatic rings. The van der Waals surface area contributed by atoms with Crippen molar-refractivity contribution in [2.75, 3.05) is 13.6 Å². The Morgan fingerprint density at radius 2 is 2.15 bits per heavy atom. The van der Waals surface area contributed by atoms with E-state index in [2.05, 4.69) is 20.8 Å². The molecule has 0 aliphatic heterocycles. The predicted octanol–water partition coefficient (Wildman–Crippen LogP) is 1.72. The standard InChI is InChI=1S/C14H17FN4O/c1-16-14(18-10-12-7-9-20-19-12)17-8-6-11-4-2-3-5-13(11)15/h2-5,7,9H,6,8,10H2,1H3,(H2,16,17,18). The Morgan fingerprint density at radius 1 is 1.30 bits per heavy atom. The summed E-state index contributed by atoms with van der Waals surface area (Å²) in [6.45, 7) is 1.12. The van der Waals surface area contributed by atoms with E-state index < -0.39 is 0 Å². The maximum atomic E-state index is 13.4. The smallest absolute Gasteiger partial charge is 0.191 e. The third-order valence-electron chi connectivity index (χ3n) is 2.80. The minimum absolute atomic E-state index is 0.181. The zero-order valence-electron chi connectivity index (χ0n) is 11.3. The quantitative estimate of drug-likeness (QED) is 0.645. The Kier molecular flexibility index (Phi) is 5.11. The van der Waals surface area contributed by atoms with Gasteiger partial charge in [0.2, 0.25) is 0 Å². The number of hydrogen-bond acceptors (Lipinski definition) is 3. The predicted molar refractivity (Wildman–Crippen MR) is 74.8 cm³/mol. The summed E-state index contributed by atoms with van der Waals surface area (Å²) < 4.78 is 18.2. The second kappa shape index (κ2) is 7.28. The van der Waals surface area contributed by atoms with E-state index in [0.29, 0.717) is 31.0 Å². The largest absolute Gasteiger partial charge is 0.364 e. The Labute approximate surface area is 116 Å². The number of aromatic nitrogens is 1. The van der Waals surface area contributed by atoms with Gasteiger partial charge in [0, 0.05) is 19.7 Å². The Bertz CT molecular complexity index is 554. The number of hydrogen-bond donors (Lipinski definition) is 2. The van der Waals surface area contributed by atoms with Crippen molar-refractivity contribution in [3.05, 3.63) is 53.7 Å². The molecule has 6 heteroatoms. The molecule has 0 amide bonds. The van der Waals surface area contributed by atoms with E-state index in [1.54, 1.807) is 25.2 Å². The number of guanidine groups is 1. The van der Waals surface area contributed by atoms with Gasteiger partial charge in [0.05, 0.1) is 6.54 Å². The maximum absolute atomic E-state index is 13.4. The fraction of sp³-hybridized carbons (Fsp3) is 0.286. The van der Waals surface area contributed by atoms with Gasteiger partial charge >= 0.3 is 0 Å². The molecule has 0 bridgehead atoms. The summed E-state index contributed by atoms with van der Waals surface area (Å²) in [5.41, 5.74) is 1.48. The van der Waals surface area contributed by atoms with Crippen LogP contribution in [0, 0.1) is 5.82 Å². The summed E-state index contributed by atoms with van der Waals surface area (Å²) in [7, 11) is 1.68. The lowest BCUT2D eigenvalue weighted by molar-refractivity contribution is 0.410. The summed E-state index contributed by atoms with van der Waals surface area (Å²) in [6, 6.07) is 8.54. The van der Waals surface area contributed by atoms with Gasteiger partial charge in [-0.05, 0) is 18.1 Å². The van der Waals surface area contributed by atoms with Crippen LogP contribution in [-0.2, 0) is 13.0 Å². The van der Waals surface area contributed by atoms with Gasteiger partial charge in [0.15, 0.2) is 5.96 Å². The van der Waals surface area contributed by atoms with E-state index >= 15 is 0 Å². The molecule has 0 saturated carbocycles. The van der Waals surface area contributed by atoms with Crippen LogP contribution < -0.4 is 10.6 Å². The first kappa shape index (κ1) is 14.0. The summed E-state index contributed by atoms with van der Waals surface area (Å²) in [5.74, 6) is 0.462. The first-order valence-electron chi connectivity index (χ1n) is 6.37. The molecule has 20 heavy (non-hydrogen) atoms. The third kappa shape index (κ3) is 4.08. The minimum atomic E-state index is -0.181. The number of aliphatic imine (C=N–C) groups is 1. The van der Waals surface area contributed by atoms with E-state index in [1.165, 1.54) is 12.3 Å². The normalized spacial score (nSPS) is 11.4. The molecule has 1 heterocycles. The average Bonchev–Trinajstić information content (AvgIpc) is 2.98. The number of nitrogens with one attached hydrogen (secondary N) is 2. The lowest BCUT2D eigenvalue weighted by Gasteiger charge is -2.11. The molecule has 0 aliphatic carbocycles. The SMILES string of the molecule is CN=C(NCCc1ccccc1F)NCc1ccon1. The maximum Gasteiger partial charge on any atom is 0.191 e. The van der Waals surface area contributed by atoms with Crippen LogP contribution in [0.4, 0.5) is 4.39 Å². The van der Waals surface area contributed by atoms with Gasteiger partial charge in [-0.3, -0.25) is 4.99 Å². The van der Waals surface area contributed by atoms with E-state index in [9.17, 15) is 4.39 Å². The molecule has 0 unspecified atom stereocenters. The van der Waals surface area contributed by atoms with Gasteiger partial charge in [-0.15, -0.1) is 0 Å². The first-order valence-corrected chi connectivity index (χ1v) is 6.37. The molecule has 106 valence electrons. The van der Waals surface area contributed by atoms with Gasteiger partial charge in [-0.1, -0.05) is 23.4 Å². The molecule has 1 aromatic carbocycles. The van der Waals surface area contributed by atoms with E-state index in [1.807, 2.05) is 6.07 Å². The van der Waals surface area contributed by atoms with Crippen LogP contribution in [0.5, 0.6) is 0 Å². The Morgan fingerprint density at radius 3 is 2.85 bits per heavy atom. The van der Waals surface area contributed by atoms with Crippen molar-refractivity contribution < 1.29 is 8.91 Å². The molecule has 1 aromatic heterocycles. The summed E-state index contributed by atoms with van der Waals surface area (Å²) >= 11 is 0. The molecule has 0 spiro atoms. The molecular weight excluding hydrogens is 259 g/mol. The highest BCUT2D eigenvalue weighted by Gasteiger charge is 2.02. The van der Waals surface area contributed by atoms with Crippen LogP contribution in [0.1, 0.15) is 11.3 Å². The molecule has 2 rings (SSSR count). The summed E-state index contributed by atoms with van der Waals surface area (Å²) in [5, 5.41) is 10.0. The number of halogens is 1. The first-order chi connectivity index (χ1) is 9.79. The average molecular weight is 276 g/mol. The van der Waals surface area contributed by atoms with Crippen molar-refractivity contribution in [1.82, 2.24) is 15.8 Å². The van der Waals surface area contributed by atoms with Crippen molar-refractivity contribution in [2.24, 2.45) is 4.99 Å². The van der Waals surface area contributed by atoms with Crippen LogP contribution in [0.3, 0.4) is 0 Å². The molecule has 5 nitrogen and oxygen atoms in total. The van der Waals surface area contributed by atoms with Crippen molar-refractivity contribution in [1.29, 1.82) is 0 Å². The van der Waals surface area contributed by atoms with E-state index in [0.717, 1.165) is 5.69 Å². The van der Waals surface area contributed by atoms with Crippen molar-refractivity contribution in [2.45, 2.75) is 13.0 Å². The van der Waals surface area contributed by atoms with Crippen LogP contribution in [0.2, 0.25) is 0 Å². The highest BCUT2D eigenvalue weighted by atomic mass is 19.1. The molecule has 0 atom stereocenters. The summed E-state index contributed by atoms with van der Waals surface area (Å²) in [6.07, 6.45) is 2.11. The van der Waals surface area contributed by atoms with Crippen LogP contribution >= 0.6 is 0 Å². The minimum Gasteiger partial charge on any atom is -0.364 e. The molecule has 0 aliphatic rings. The monoisotopic (exact) mass is 276 g/mol. The van der Waals surface area contributed by atoms with E-state index in [4.69, 9.17) is 4.52 Å². The number of benzene rings is 1. The Balaban J connectivity index is 1.75. The lowest BCUT2D eigenvalue weighted by Crippen LogP contribution is -2.38. The fourth-order valence-electron chi connectivity index (χ4n) is 1.74. The van der Waals surface area contributed by atoms with Crippen molar-refractivity contribution in [3.63, 3.8) is 0 Å². The van der Waals surface area contributed by atoms with Gasteiger partial charge < -0.3 is 15.2 Å². The zero-order valence-corrected chi connectivity index (χ0v) is 11.3. The van der Waals surface area contributed by atoms with Crippen LogP contribution in [0.25, 0.3) is 0 Å². The lowest BCUT2D eigenvalue weighted by atomic mass is 10.1. The second-order valence-electron chi connectivity index (χ2n) is 4.18. The van der Waals surface area contributed by atoms with Gasteiger partial charge in [-0.2, -0.15) is 0 Å². The Hall–Kier alpha value is -2.37. The molecule has 0 fully saturated rings. The van der Waals surface area contributed by atoms with Gasteiger partial charge in [0.1, 0.15) is 17.8 Å². The topological polar surface area (TPSA) is 62.5 Å². The molecule has 2 N–H and O–H groups in total. The molecule has 0 saturated heterocycles. The van der Waals surface area contributed by atoms with Crippen molar-refractivity contribution in [3.8, 4) is 0 Å². The molecular formula is C14H17FN4O. The number of rotatable bonds is 5. The van der Waals surface area contributed by atoms with Crippen LogP contribution in [-0.4, -0.2) is 24.7 Å². The van der Waals surface area contributed by atoms with E-state index in [-0.39, 0.29) is 5.82 Å². The molecule has 0 radical (unpaired) electrons. The third-order valence-corrected chi connectivity index (χ3v) is 2.80. The van der Waals surface area contributed by atoms with Crippen molar-refractivity contribution >= 4 is 5.96 Å². The second-order valence-corrected chi connectivity index (χ2v) is 4.18. The van der Waals surface area contributed by atoms with Gasteiger partial charge in [-0.25, -0.2) is 4.39 Å². The van der Waals surface area contributed by atoms with Crippen LogP contribution in [0.15, 0.2) is 46.1 Å².